The molecular weight excluding hydrogens is 550 g/mol. The average Bonchev–Trinajstić information content (AvgIpc) is 3.36. The first-order valence-electron chi connectivity index (χ1n) is 11.5. The largest absolute Gasteiger partial charge is 0.457 e. The van der Waals surface area contributed by atoms with E-state index in [4.69, 9.17) is 27.9 Å². The molecule has 5 aromatic rings. The van der Waals surface area contributed by atoms with E-state index in [1.54, 1.807) is 54.7 Å². The number of rotatable bonds is 5. The van der Waals surface area contributed by atoms with Crippen LogP contribution in [0.4, 0.5) is 23.7 Å². The first kappa shape index (κ1) is 26.3. The van der Waals surface area contributed by atoms with Crippen LogP contribution in [0.25, 0.3) is 22.4 Å². The van der Waals surface area contributed by atoms with E-state index >= 15 is 0 Å². The molecule has 1 N–H and O–H groups in total. The molecule has 196 valence electrons. The van der Waals surface area contributed by atoms with E-state index in [0.717, 1.165) is 28.8 Å². The van der Waals surface area contributed by atoms with Crippen LogP contribution >= 0.6 is 23.2 Å². The fourth-order valence-electron chi connectivity index (χ4n) is 3.77. The Morgan fingerprint density at radius 1 is 0.744 bits per heavy atom. The first-order chi connectivity index (χ1) is 18.7. The highest BCUT2D eigenvalue weighted by Crippen LogP contribution is 2.33. The summed E-state index contributed by atoms with van der Waals surface area (Å²) in [4.78, 5) is 13.1. The van der Waals surface area contributed by atoms with Crippen molar-refractivity contribution >= 4 is 34.9 Å². The smallest absolute Gasteiger partial charge is 0.416 e. The van der Waals surface area contributed by atoms with Crippen LogP contribution in [0.2, 0.25) is 10.0 Å². The summed E-state index contributed by atoms with van der Waals surface area (Å²) in [5, 5.41) is 8.46. The van der Waals surface area contributed by atoms with Crippen LogP contribution in [0.3, 0.4) is 0 Å². The molecule has 1 heterocycles. The minimum Gasteiger partial charge on any atom is -0.457 e. The van der Waals surface area contributed by atoms with Crippen molar-refractivity contribution < 1.29 is 22.7 Å². The molecular formula is C29H18Cl2F3N3O2. The minimum absolute atomic E-state index is 0.251. The maximum absolute atomic E-state index is 13.1. The average molecular weight is 568 g/mol. The number of carbonyl (C=O) groups excluding carboxylic acids is 1. The minimum atomic E-state index is -4.42. The Kier molecular flexibility index (Phi) is 7.32. The van der Waals surface area contributed by atoms with Crippen LogP contribution < -0.4 is 10.1 Å². The highest BCUT2D eigenvalue weighted by atomic mass is 35.5. The van der Waals surface area contributed by atoms with Gasteiger partial charge in [0.05, 0.1) is 5.56 Å². The molecule has 0 unspecified atom stereocenters. The Balaban J connectivity index is 1.34. The molecule has 39 heavy (non-hydrogen) atoms. The number of ether oxygens (including phenoxy) is 1. The Morgan fingerprint density at radius 2 is 1.26 bits per heavy atom. The summed E-state index contributed by atoms with van der Waals surface area (Å²) < 4.78 is 45.1. The van der Waals surface area contributed by atoms with E-state index in [1.807, 2.05) is 24.3 Å². The molecule has 0 spiro atoms. The second kappa shape index (κ2) is 10.8. The summed E-state index contributed by atoms with van der Waals surface area (Å²) in [6.45, 7) is 0. The quantitative estimate of drug-likeness (QED) is 0.230. The van der Waals surface area contributed by atoms with Gasteiger partial charge in [0.1, 0.15) is 17.2 Å². The van der Waals surface area contributed by atoms with Crippen molar-refractivity contribution in [2.24, 2.45) is 0 Å². The van der Waals surface area contributed by atoms with E-state index in [-0.39, 0.29) is 5.75 Å². The Bertz CT molecular complexity index is 1540. The van der Waals surface area contributed by atoms with Crippen LogP contribution in [0.1, 0.15) is 5.56 Å². The monoisotopic (exact) mass is 567 g/mol. The van der Waals surface area contributed by atoms with E-state index in [1.165, 1.54) is 16.8 Å². The van der Waals surface area contributed by atoms with Gasteiger partial charge in [-0.2, -0.15) is 23.0 Å². The molecule has 0 saturated heterocycles. The Hall–Kier alpha value is -4.27. The van der Waals surface area contributed by atoms with Crippen molar-refractivity contribution in [3.8, 4) is 33.9 Å². The van der Waals surface area contributed by atoms with Crippen molar-refractivity contribution in [1.29, 1.82) is 0 Å². The van der Waals surface area contributed by atoms with Gasteiger partial charge < -0.3 is 10.1 Å². The summed E-state index contributed by atoms with van der Waals surface area (Å²) in [6, 6.07) is 24.6. The van der Waals surface area contributed by atoms with Crippen LogP contribution in [-0.4, -0.2) is 15.8 Å². The predicted molar refractivity (Wildman–Crippen MR) is 145 cm³/mol. The fraction of sp³-hybridized carbons (Fsp3) is 0.0345. The van der Waals surface area contributed by atoms with Gasteiger partial charge in [0.25, 0.3) is 0 Å². The van der Waals surface area contributed by atoms with Crippen LogP contribution in [0.15, 0.2) is 103 Å². The zero-order valence-electron chi connectivity index (χ0n) is 19.9. The topological polar surface area (TPSA) is 56.1 Å². The standard InChI is InChI=1S/C29H18Cl2F3N3O2/c30-21-7-1-18(2-8-21)26-17-37(36-27(26)19-3-9-22(31)10-4-19)28(38)35-23-11-15-25(16-12-23)39-24-13-5-20(6-14-24)29(32,33)34/h1-17H,(H,35,38). The number of benzene rings is 4. The molecule has 10 heteroatoms. The first-order valence-corrected chi connectivity index (χ1v) is 12.3. The van der Waals surface area contributed by atoms with E-state index < -0.39 is 17.8 Å². The lowest BCUT2D eigenvalue weighted by atomic mass is 10.0. The number of aromatic nitrogens is 2. The van der Waals surface area contributed by atoms with Crippen molar-refractivity contribution in [1.82, 2.24) is 9.78 Å². The predicted octanol–water partition coefficient (Wildman–Crippen LogP) is 9.42. The lowest BCUT2D eigenvalue weighted by Gasteiger charge is -2.10. The van der Waals surface area contributed by atoms with Gasteiger partial charge in [-0.3, -0.25) is 0 Å². The molecule has 4 aromatic carbocycles. The molecule has 5 rings (SSSR count). The van der Waals surface area contributed by atoms with Gasteiger partial charge in [0, 0.05) is 33.1 Å². The van der Waals surface area contributed by atoms with Crippen LogP contribution in [0.5, 0.6) is 11.5 Å². The van der Waals surface area contributed by atoms with Gasteiger partial charge in [-0.15, -0.1) is 0 Å². The van der Waals surface area contributed by atoms with Crippen LogP contribution in [-0.2, 0) is 6.18 Å². The molecule has 0 aliphatic rings. The third-order valence-electron chi connectivity index (χ3n) is 5.72. The second-order valence-electron chi connectivity index (χ2n) is 8.43. The number of carbonyl (C=O) groups is 1. The Labute approximate surface area is 231 Å². The maximum atomic E-state index is 13.1. The maximum Gasteiger partial charge on any atom is 0.416 e. The molecule has 0 aliphatic heterocycles. The number of nitrogens with zero attached hydrogens (tertiary/aromatic N) is 2. The van der Waals surface area contributed by atoms with Crippen LogP contribution in [0, 0.1) is 0 Å². The van der Waals surface area contributed by atoms with Gasteiger partial charge in [0.15, 0.2) is 0 Å². The molecule has 0 radical (unpaired) electrons. The number of amides is 1. The van der Waals surface area contributed by atoms with E-state index in [9.17, 15) is 18.0 Å². The lowest BCUT2D eigenvalue weighted by molar-refractivity contribution is -0.137. The SMILES string of the molecule is O=C(Nc1ccc(Oc2ccc(C(F)(F)F)cc2)cc1)n1cc(-c2ccc(Cl)cc2)c(-c2ccc(Cl)cc2)n1. The van der Waals surface area contributed by atoms with Gasteiger partial charge in [-0.05, 0) is 78.4 Å². The lowest BCUT2D eigenvalue weighted by Crippen LogP contribution is -2.19. The zero-order chi connectivity index (χ0) is 27.6. The number of hydrogen-bond donors (Lipinski definition) is 1. The number of alkyl halides is 3. The molecule has 0 bridgehead atoms. The third kappa shape index (κ3) is 6.25. The summed E-state index contributed by atoms with van der Waals surface area (Å²) in [5.41, 5.74) is 2.63. The number of nitrogens with one attached hydrogen (secondary N) is 1. The fourth-order valence-corrected chi connectivity index (χ4v) is 4.03. The normalized spacial score (nSPS) is 11.3. The Morgan fingerprint density at radius 3 is 1.79 bits per heavy atom. The molecule has 0 saturated carbocycles. The molecule has 1 amide bonds. The molecule has 0 aliphatic carbocycles. The van der Waals surface area contributed by atoms with Crippen molar-refractivity contribution in [3.63, 3.8) is 0 Å². The second-order valence-corrected chi connectivity index (χ2v) is 9.30. The van der Waals surface area contributed by atoms with Crippen molar-refractivity contribution in [2.45, 2.75) is 6.18 Å². The van der Waals surface area contributed by atoms with E-state index in [2.05, 4.69) is 10.4 Å². The molecule has 0 atom stereocenters. The molecule has 0 fully saturated rings. The molecule has 5 nitrogen and oxygen atoms in total. The van der Waals surface area contributed by atoms with Gasteiger partial charge in [0.2, 0.25) is 0 Å². The van der Waals surface area contributed by atoms with Crippen molar-refractivity contribution in [2.75, 3.05) is 5.32 Å². The van der Waals surface area contributed by atoms with Crippen molar-refractivity contribution in [3.05, 3.63) is 119 Å². The number of hydrogen-bond acceptors (Lipinski definition) is 3. The van der Waals surface area contributed by atoms with Gasteiger partial charge in [-0.25, -0.2) is 4.79 Å². The summed E-state index contributed by atoms with van der Waals surface area (Å²) in [6.07, 6.45) is -2.79. The summed E-state index contributed by atoms with van der Waals surface area (Å²) >= 11 is 12.1. The zero-order valence-corrected chi connectivity index (χ0v) is 21.4. The number of anilines is 1. The molecule has 1 aromatic heterocycles. The van der Waals surface area contributed by atoms with Gasteiger partial charge >= 0.3 is 12.2 Å². The third-order valence-corrected chi connectivity index (χ3v) is 6.22. The van der Waals surface area contributed by atoms with E-state index in [0.29, 0.717) is 27.2 Å². The highest BCUT2D eigenvalue weighted by Gasteiger charge is 2.30. The van der Waals surface area contributed by atoms with Gasteiger partial charge in [-0.1, -0.05) is 47.5 Å². The highest BCUT2D eigenvalue weighted by molar-refractivity contribution is 6.31. The summed E-state index contributed by atoms with van der Waals surface area (Å²) in [5.74, 6) is 0.641. The number of halogens is 5. The summed E-state index contributed by atoms with van der Waals surface area (Å²) in [7, 11) is 0.